The van der Waals surface area contributed by atoms with E-state index in [-0.39, 0.29) is 0 Å². The van der Waals surface area contributed by atoms with E-state index in [0.717, 1.165) is 37.4 Å². The Morgan fingerprint density at radius 2 is 1.95 bits per heavy atom. The SMILES string of the molecule is CCCC1CCN(C(C(=O)O)c2ccccc2)CC1. The van der Waals surface area contributed by atoms with Crippen LogP contribution in [0.15, 0.2) is 30.3 Å². The van der Waals surface area contributed by atoms with E-state index < -0.39 is 12.0 Å². The summed E-state index contributed by atoms with van der Waals surface area (Å²) in [6.07, 6.45) is 4.76. The van der Waals surface area contributed by atoms with Gasteiger partial charge in [0.1, 0.15) is 6.04 Å². The quantitative estimate of drug-likeness (QED) is 0.884. The lowest BCUT2D eigenvalue weighted by Crippen LogP contribution is -2.40. The second-order valence-corrected chi connectivity index (χ2v) is 5.42. The summed E-state index contributed by atoms with van der Waals surface area (Å²) in [6.45, 7) is 4.02. The number of hydrogen-bond donors (Lipinski definition) is 1. The van der Waals surface area contributed by atoms with Gasteiger partial charge in [-0.15, -0.1) is 0 Å². The zero-order chi connectivity index (χ0) is 13.7. The summed E-state index contributed by atoms with van der Waals surface area (Å²) in [7, 11) is 0. The average Bonchev–Trinajstić information content (AvgIpc) is 2.42. The van der Waals surface area contributed by atoms with Crippen LogP contribution in [0.5, 0.6) is 0 Å². The largest absolute Gasteiger partial charge is 0.480 e. The Morgan fingerprint density at radius 3 is 2.47 bits per heavy atom. The summed E-state index contributed by atoms with van der Waals surface area (Å²) < 4.78 is 0. The Labute approximate surface area is 115 Å². The molecule has 104 valence electrons. The van der Waals surface area contributed by atoms with Crippen LogP contribution in [0.25, 0.3) is 0 Å². The smallest absolute Gasteiger partial charge is 0.325 e. The van der Waals surface area contributed by atoms with Crippen LogP contribution in [0.2, 0.25) is 0 Å². The van der Waals surface area contributed by atoms with E-state index in [2.05, 4.69) is 11.8 Å². The lowest BCUT2D eigenvalue weighted by molar-refractivity contribution is -0.144. The van der Waals surface area contributed by atoms with Gasteiger partial charge in [0.25, 0.3) is 0 Å². The van der Waals surface area contributed by atoms with E-state index in [1.165, 1.54) is 12.8 Å². The molecule has 0 aromatic heterocycles. The second kappa shape index (κ2) is 6.71. The molecule has 0 spiro atoms. The van der Waals surface area contributed by atoms with Gasteiger partial charge in [0.2, 0.25) is 0 Å². The first-order valence-electron chi connectivity index (χ1n) is 7.24. The topological polar surface area (TPSA) is 40.5 Å². The number of likely N-dealkylation sites (tertiary alicyclic amines) is 1. The van der Waals surface area contributed by atoms with Crippen molar-refractivity contribution in [2.45, 2.75) is 38.6 Å². The van der Waals surface area contributed by atoms with E-state index >= 15 is 0 Å². The first-order valence-corrected chi connectivity index (χ1v) is 7.24. The van der Waals surface area contributed by atoms with Gasteiger partial charge in [-0.2, -0.15) is 0 Å². The fraction of sp³-hybridized carbons (Fsp3) is 0.562. The molecule has 1 saturated heterocycles. The highest BCUT2D eigenvalue weighted by molar-refractivity contribution is 5.75. The van der Waals surface area contributed by atoms with Gasteiger partial charge >= 0.3 is 5.97 Å². The number of carbonyl (C=O) groups is 1. The fourth-order valence-corrected chi connectivity index (χ4v) is 3.05. The minimum Gasteiger partial charge on any atom is -0.480 e. The number of piperidine rings is 1. The molecule has 19 heavy (non-hydrogen) atoms. The Bertz CT molecular complexity index is 396. The molecule has 1 aromatic carbocycles. The molecule has 0 aliphatic carbocycles. The van der Waals surface area contributed by atoms with Crippen molar-refractivity contribution in [1.82, 2.24) is 4.90 Å². The van der Waals surface area contributed by atoms with Crippen LogP contribution in [0.3, 0.4) is 0 Å². The van der Waals surface area contributed by atoms with E-state index in [1.807, 2.05) is 30.3 Å². The number of carboxylic acids is 1. The van der Waals surface area contributed by atoms with Crippen molar-refractivity contribution in [1.29, 1.82) is 0 Å². The van der Waals surface area contributed by atoms with E-state index in [0.29, 0.717) is 0 Å². The van der Waals surface area contributed by atoms with Crippen molar-refractivity contribution in [3.8, 4) is 0 Å². The molecule has 1 aromatic rings. The standard InChI is InChI=1S/C16H23NO2/c1-2-6-13-9-11-17(12-10-13)15(16(18)19)14-7-4-3-5-8-14/h3-5,7-8,13,15H,2,6,9-12H2,1H3,(H,18,19). The molecule has 1 heterocycles. The van der Waals surface area contributed by atoms with Gasteiger partial charge in [0.15, 0.2) is 0 Å². The predicted molar refractivity (Wildman–Crippen MR) is 76.0 cm³/mol. The van der Waals surface area contributed by atoms with Crippen molar-refractivity contribution < 1.29 is 9.90 Å². The van der Waals surface area contributed by atoms with Crippen LogP contribution in [-0.2, 0) is 4.79 Å². The summed E-state index contributed by atoms with van der Waals surface area (Å²) in [6, 6.07) is 9.09. The molecule has 3 nitrogen and oxygen atoms in total. The van der Waals surface area contributed by atoms with E-state index in [9.17, 15) is 9.90 Å². The van der Waals surface area contributed by atoms with Crippen molar-refractivity contribution >= 4 is 5.97 Å². The first-order chi connectivity index (χ1) is 9.22. The predicted octanol–water partition coefficient (Wildman–Crippen LogP) is 3.32. The maximum Gasteiger partial charge on any atom is 0.325 e. The van der Waals surface area contributed by atoms with Crippen LogP contribution in [0, 0.1) is 5.92 Å². The van der Waals surface area contributed by atoms with E-state index in [1.54, 1.807) is 0 Å². The molecule has 1 atom stereocenters. The number of hydrogen-bond acceptors (Lipinski definition) is 2. The van der Waals surface area contributed by atoms with Gasteiger partial charge in [-0.25, -0.2) is 0 Å². The third-order valence-corrected chi connectivity index (χ3v) is 4.06. The zero-order valence-corrected chi connectivity index (χ0v) is 11.6. The molecule has 0 amide bonds. The normalized spacial score (nSPS) is 19.2. The van der Waals surface area contributed by atoms with Crippen LogP contribution in [-0.4, -0.2) is 29.1 Å². The number of aliphatic carboxylic acids is 1. The molecule has 1 fully saturated rings. The highest BCUT2D eigenvalue weighted by atomic mass is 16.4. The number of benzene rings is 1. The molecule has 2 rings (SSSR count). The maximum absolute atomic E-state index is 11.6. The van der Waals surface area contributed by atoms with Gasteiger partial charge in [0.05, 0.1) is 0 Å². The van der Waals surface area contributed by atoms with Crippen LogP contribution in [0.1, 0.15) is 44.2 Å². The Kier molecular flexibility index (Phi) is 4.97. The van der Waals surface area contributed by atoms with Crippen molar-refractivity contribution in [2.75, 3.05) is 13.1 Å². The molecule has 0 radical (unpaired) electrons. The second-order valence-electron chi connectivity index (χ2n) is 5.42. The minimum atomic E-state index is -0.736. The van der Waals surface area contributed by atoms with Gasteiger partial charge < -0.3 is 5.11 Å². The number of nitrogens with zero attached hydrogens (tertiary/aromatic N) is 1. The highest BCUT2D eigenvalue weighted by Crippen LogP contribution is 2.28. The molecule has 1 unspecified atom stereocenters. The van der Waals surface area contributed by atoms with Crippen molar-refractivity contribution in [3.63, 3.8) is 0 Å². The summed E-state index contributed by atoms with van der Waals surface area (Å²) >= 11 is 0. The summed E-state index contributed by atoms with van der Waals surface area (Å²) in [4.78, 5) is 13.7. The van der Waals surface area contributed by atoms with Crippen LogP contribution >= 0.6 is 0 Å². The Balaban J connectivity index is 2.04. The van der Waals surface area contributed by atoms with Crippen molar-refractivity contribution in [3.05, 3.63) is 35.9 Å². The molecule has 3 heteroatoms. The third kappa shape index (κ3) is 3.57. The molecule has 0 bridgehead atoms. The fourth-order valence-electron chi connectivity index (χ4n) is 3.05. The number of rotatable bonds is 5. The lowest BCUT2D eigenvalue weighted by atomic mass is 9.91. The molecule has 0 saturated carbocycles. The van der Waals surface area contributed by atoms with Gasteiger partial charge in [0, 0.05) is 0 Å². The lowest BCUT2D eigenvalue weighted by Gasteiger charge is -2.35. The molecule has 1 N–H and O–H groups in total. The third-order valence-electron chi connectivity index (χ3n) is 4.06. The Morgan fingerprint density at radius 1 is 1.32 bits per heavy atom. The highest BCUT2D eigenvalue weighted by Gasteiger charge is 2.30. The summed E-state index contributed by atoms with van der Waals surface area (Å²) in [5.74, 6) is 0.0478. The average molecular weight is 261 g/mol. The monoisotopic (exact) mass is 261 g/mol. The van der Waals surface area contributed by atoms with Crippen molar-refractivity contribution in [2.24, 2.45) is 5.92 Å². The molecular formula is C16H23NO2. The van der Waals surface area contributed by atoms with E-state index in [4.69, 9.17) is 0 Å². The molecule has 1 aliphatic heterocycles. The van der Waals surface area contributed by atoms with Crippen LogP contribution < -0.4 is 0 Å². The zero-order valence-electron chi connectivity index (χ0n) is 11.6. The molecular weight excluding hydrogens is 238 g/mol. The summed E-state index contributed by atoms with van der Waals surface area (Å²) in [5.41, 5.74) is 0.893. The first kappa shape index (κ1) is 14.1. The van der Waals surface area contributed by atoms with Crippen LogP contribution in [0.4, 0.5) is 0 Å². The van der Waals surface area contributed by atoms with Gasteiger partial charge in [-0.3, -0.25) is 9.69 Å². The summed E-state index contributed by atoms with van der Waals surface area (Å²) in [5, 5.41) is 9.51. The maximum atomic E-state index is 11.6. The minimum absolute atomic E-state index is 0.483. The number of carboxylic acid groups (broad SMARTS) is 1. The van der Waals surface area contributed by atoms with Gasteiger partial charge in [-0.1, -0.05) is 50.1 Å². The Hall–Kier alpha value is -1.35. The molecule has 1 aliphatic rings. The van der Waals surface area contributed by atoms with Gasteiger partial charge in [-0.05, 0) is 37.4 Å².